The Bertz CT molecular complexity index is 1120. The zero-order valence-electron chi connectivity index (χ0n) is 21.2. The molecule has 210 valence electrons. The third-order valence-electron chi connectivity index (χ3n) is 5.55. The standard InChI is InChI=1S/C24H30Cl2N4O5S2.ClH/c1-14(2)8-20(23(33)34)27-22(32)21-13-36-24(28-21)37-30(15(3)31)12-17-11-29(6-7-35-17)10-16-4-5-18(25)19(26)9-16;/h4-5,9,13-14,17,20H,6-8,10-12H2,1-3H3,(H,27,32)(H,33,34);1H/t17-,20-;/m0./s1. The number of carboxylic acid groups (broad SMARTS) is 1. The van der Waals surface area contributed by atoms with Crippen molar-refractivity contribution in [2.24, 2.45) is 5.92 Å². The molecule has 1 aliphatic rings. The fourth-order valence-corrected chi connectivity index (χ4v) is 5.90. The van der Waals surface area contributed by atoms with E-state index in [9.17, 15) is 19.5 Å². The highest BCUT2D eigenvalue weighted by Crippen LogP contribution is 2.28. The van der Waals surface area contributed by atoms with E-state index >= 15 is 0 Å². The molecule has 3 rings (SSSR count). The largest absolute Gasteiger partial charge is 0.480 e. The molecular weight excluding hydrogens is 595 g/mol. The Kier molecular flexibility index (Phi) is 13.1. The molecule has 0 saturated carbocycles. The number of hydrogen-bond acceptors (Lipinski definition) is 8. The van der Waals surface area contributed by atoms with Crippen LogP contribution in [0.25, 0.3) is 0 Å². The number of nitrogens with one attached hydrogen (secondary N) is 1. The van der Waals surface area contributed by atoms with E-state index in [0.29, 0.717) is 47.0 Å². The van der Waals surface area contributed by atoms with E-state index in [1.807, 2.05) is 26.0 Å². The molecule has 9 nitrogen and oxygen atoms in total. The lowest BCUT2D eigenvalue weighted by atomic mass is 10.0. The van der Waals surface area contributed by atoms with E-state index < -0.39 is 17.9 Å². The number of carbonyl (C=O) groups excluding carboxylic acids is 2. The quantitative estimate of drug-likeness (QED) is 0.341. The molecule has 2 atom stereocenters. The normalized spacial score (nSPS) is 16.5. The minimum Gasteiger partial charge on any atom is -0.480 e. The van der Waals surface area contributed by atoms with Gasteiger partial charge in [-0.1, -0.05) is 43.1 Å². The first kappa shape index (κ1) is 32.6. The number of ether oxygens (including phenoxy) is 1. The van der Waals surface area contributed by atoms with Gasteiger partial charge in [0.2, 0.25) is 5.91 Å². The summed E-state index contributed by atoms with van der Waals surface area (Å²) in [5.74, 6) is -1.71. The molecule has 2 amide bonds. The monoisotopic (exact) mass is 624 g/mol. The smallest absolute Gasteiger partial charge is 0.326 e. The highest BCUT2D eigenvalue weighted by Gasteiger charge is 2.27. The molecule has 1 saturated heterocycles. The van der Waals surface area contributed by atoms with Gasteiger partial charge in [0, 0.05) is 43.9 Å². The van der Waals surface area contributed by atoms with Crippen LogP contribution >= 0.6 is 58.9 Å². The highest BCUT2D eigenvalue weighted by atomic mass is 35.5. The summed E-state index contributed by atoms with van der Waals surface area (Å²) in [5.41, 5.74) is 1.16. The fraction of sp³-hybridized carbons (Fsp3) is 0.500. The average Bonchev–Trinajstić information content (AvgIpc) is 3.29. The van der Waals surface area contributed by atoms with Crippen LogP contribution in [0.3, 0.4) is 0 Å². The van der Waals surface area contributed by atoms with E-state index in [1.54, 1.807) is 15.8 Å². The first-order valence-electron chi connectivity index (χ1n) is 11.7. The number of amides is 2. The maximum atomic E-state index is 12.6. The lowest BCUT2D eigenvalue weighted by molar-refractivity contribution is -0.139. The van der Waals surface area contributed by atoms with Gasteiger partial charge in [0.15, 0.2) is 4.34 Å². The summed E-state index contributed by atoms with van der Waals surface area (Å²) >= 11 is 14.5. The zero-order chi connectivity index (χ0) is 27.1. The van der Waals surface area contributed by atoms with Crippen LogP contribution in [0, 0.1) is 5.92 Å². The first-order chi connectivity index (χ1) is 17.5. The van der Waals surface area contributed by atoms with Crippen LogP contribution in [0.15, 0.2) is 27.9 Å². The van der Waals surface area contributed by atoms with Crippen LogP contribution in [0.4, 0.5) is 0 Å². The van der Waals surface area contributed by atoms with Crippen LogP contribution in [-0.4, -0.2) is 75.5 Å². The van der Waals surface area contributed by atoms with Crippen molar-refractivity contribution in [2.75, 3.05) is 26.2 Å². The number of carbonyl (C=O) groups is 3. The van der Waals surface area contributed by atoms with Crippen molar-refractivity contribution in [1.82, 2.24) is 19.5 Å². The van der Waals surface area contributed by atoms with Gasteiger partial charge < -0.3 is 15.2 Å². The molecule has 0 spiro atoms. The van der Waals surface area contributed by atoms with Crippen LogP contribution in [0.2, 0.25) is 10.0 Å². The van der Waals surface area contributed by atoms with E-state index in [0.717, 1.165) is 24.1 Å². The van der Waals surface area contributed by atoms with Gasteiger partial charge in [0.1, 0.15) is 11.7 Å². The predicted molar refractivity (Wildman–Crippen MR) is 152 cm³/mol. The minimum atomic E-state index is -1.09. The van der Waals surface area contributed by atoms with Crippen molar-refractivity contribution in [3.05, 3.63) is 44.9 Å². The molecule has 2 N–H and O–H groups in total. The molecule has 2 heterocycles. The van der Waals surface area contributed by atoms with Gasteiger partial charge in [-0.25, -0.2) is 9.78 Å². The number of thiazole rings is 1. The van der Waals surface area contributed by atoms with Crippen molar-refractivity contribution in [3.8, 4) is 0 Å². The van der Waals surface area contributed by atoms with Gasteiger partial charge >= 0.3 is 5.97 Å². The van der Waals surface area contributed by atoms with Crippen molar-refractivity contribution in [2.45, 2.75) is 50.2 Å². The molecule has 1 aromatic carbocycles. The molecule has 0 radical (unpaired) electrons. The van der Waals surface area contributed by atoms with Crippen LogP contribution in [0.1, 0.15) is 43.2 Å². The number of nitrogens with zero attached hydrogens (tertiary/aromatic N) is 3. The van der Waals surface area contributed by atoms with Crippen LogP contribution in [-0.2, 0) is 20.9 Å². The maximum Gasteiger partial charge on any atom is 0.326 e. The Balaban J connectivity index is 0.00000507. The molecule has 2 aromatic rings. The lowest BCUT2D eigenvalue weighted by Crippen LogP contribution is -2.46. The van der Waals surface area contributed by atoms with E-state index in [-0.39, 0.29) is 36.0 Å². The Morgan fingerprint density at radius 1 is 1.32 bits per heavy atom. The van der Waals surface area contributed by atoms with Gasteiger partial charge in [-0.2, -0.15) is 0 Å². The van der Waals surface area contributed by atoms with Crippen molar-refractivity contribution in [1.29, 1.82) is 0 Å². The second-order valence-electron chi connectivity index (χ2n) is 9.14. The Morgan fingerprint density at radius 3 is 2.68 bits per heavy atom. The molecule has 0 bridgehead atoms. The molecule has 1 aliphatic heterocycles. The summed E-state index contributed by atoms with van der Waals surface area (Å²) in [4.78, 5) is 42.9. The Labute approximate surface area is 246 Å². The minimum absolute atomic E-state index is 0. The number of rotatable bonds is 11. The third kappa shape index (κ3) is 9.86. The molecule has 14 heteroatoms. The molecule has 38 heavy (non-hydrogen) atoms. The number of aliphatic carboxylic acids is 1. The van der Waals surface area contributed by atoms with Gasteiger partial charge in [0.05, 0.1) is 29.3 Å². The van der Waals surface area contributed by atoms with E-state index in [2.05, 4.69) is 15.2 Å². The van der Waals surface area contributed by atoms with Gasteiger partial charge in [-0.15, -0.1) is 23.7 Å². The number of benzene rings is 1. The number of halogens is 3. The average molecular weight is 626 g/mol. The third-order valence-corrected chi connectivity index (χ3v) is 8.31. The lowest BCUT2D eigenvalue weighted by Gasteiger charge is -2.35. The second-order valence-corrected chi connectivity index (χ2v) is 12.1. The Morgan fingerprint density at radius 2 is 2.05 bits per heavy atom. The number of hydrogen-bond donors (Lipinski definition) is 2. The zero-order valence-corrected chi connectivity index (χ0v) is 25.1. The second kappa shape index (κ2) is 15.3. The molecule has 0 unspecified atom stereocenters. The first-order valence-corrected chi connectivity index (χ1v) is 14.2. The van der Waals surface area contributed by atoms with E-state index in [1.165, 1.54) is 18.3 Å². The van der Waals surface area contributed by atoms with Crippen LogP contribution < -0.4 is 5.32 Å². The summed E-state index contributed by atoms with van der Waals surface area (Å²) in [5, 5.41) is 14.5. The summed E-state index contributed by atoms with van der Waals surface area (Å²) in [6.07, 6.45) is 0.108. The Hall–Kier alpha value is -1.60. The topological polar surface area (TPSA) is 112 Å². The van der Waals surface area contributed by atoms with Gasteiger partial charge in [-0.05, 0) is 30.0 Å². The molecule has 0 aliphatic carbocycles. The summed E-state index contributed by atoms with van der Waals surface area (Å²) in [7, 11) is 0. The number of morpholine rings is 1. The predicted octanol–water partition coefficient (Wildman–Crippen LogP) is 4.86. The molecule has 1 aromatic heterocycles. The number of aromatic nitrogens is 1. The molecular formula is C24H31Cl3N4O5S2. The van der Waals surface area contributed by atoms with Crippen molar-refractivity contribution < 1.29 is 24.2 Å². The summed E-state index contributed by atoms with van der Waals surface area (Å²) in [6, 6.07) is 4.58. The van der Waals surface area contributed by atoms with Crippen LogP contribution in [0.5, 0.6) is 0 Å². The summed E-state index contributed by atoms with van der Waals surface area (Å²) in [6.45, 7) is 8.18. The fourth-order valence-electron chi connectivity index (χ4n) is 3.77. The summed E-state index contributed by atoms with van der Waals surface area (Å²) < 4.78 is 7.98. The number of carboxylic acids is 1. The van der Waals surface area contributed by atoms with Gasteiger partial charge in [-0.3, -0.25) is 18.8 Å². The maximum absolute atomic E-state index is 12.6. The SMILES string of the molecule is CC(=O)N(C[C@@H]1CN(Cc2ccc(Cl)c(Cl)c2)CCO1)Sc1nc(C(=O)N[C@@H](CC(C)C)C(=O)O)cs1.Cl. The van der Waals surface area contributed by atoms with Gasteiger partial charge in [0.25, 0.3) is 5.91 Å². The van der Waals surface area contributed by atoms with E-state index in [4.69, 9.17) is 27.9 Å². The molecule has 1 fully saturated rings. The highest BCUT2D eigenvalue weighted by molar-refractivity contribution is 7.99. The van der Waals surface area contributed by atoms with Crippen molar-refractivity contribution in [3.63, 3.8) is 0 Å². The van der Waals surface area contributed by atoms with Crippen molar-refractivity contribution >= 4 is 76.7 Å².